The summed E-state index contributed by atoms with van der Waals surface area (Å²) in [6.45, 7) is 2.98. The third kappa shape index (κ3) is 4.11. The lowest BCUT2D eigenvalue weighted by atomic mass is 9.92. The summed E-state index contributed by atoms with van der Waals surface area (Å²) in [6.07, 6.45) is 0.277. The van der Waals surface area contributed by atoms with Crippen molar-refractivity contribution in [3.8, 4) is 11.5 Å². The van der Waals surface area contributed by atoms with Crippen molar-refractivity contribution in [1.29, 1.82) is 0 Å². The Morgan fingerprint density at radius 2 is 1.76 bits per heavy atom. The summed E-state index contributed by atoms with van der Waals surface area (Å²) in [5.74, 6) is 0.349. The van der Waals surface area contributed by atoms with Gasteiger partial charge in [0.15, 0.2) is 11.5 Å². The van der Waals surface area contributed by atoms with Crippen molar-refractivity contribution in [1.82, 2.24) is 5.32 Å². The minimum atomic E-state index is -1.14. The second-order valence-corrected chi connectivity index (χ2v) is 4.87. The van der Waals surface area contributed by atoms with Crippen LogP contribution in [0.5, 0.6) is 11.5 Å². The van der Waals surface area contributed by atoms with Gasteiger partial charge in [0.1, 0.15) is 5.54 Å². The highest BCUT2D eigenvalue weighted by Gasteiger charge is 2.35. The molecule has 0 saturated heterocycles. The quantitative estimate of drug-likeness (QED) is 0.801. The van der Waals surface area contributed by atoms with Crippen LogP contribution in [0.3, 0.4) is 0 Å². The average molecular weight is 295 g/mol. The second kappa shape index (κ2) is 6.97. The SMILES string of the molecule is COC(=O)[C@](C)(Cc1ccc(OC)c(OC)c1)NC(C)=O. The van der Waals surface area contributed by atoms with E-state index in [1.807, 2.05) is 6.07 Å². The number of nitrogens with one attached hydrogen (secondary N) is 1. The van der Waals surface area contributed by atoms with Gasteiger partial charge in [0, 0.05) is 13.3 Å². The number of hydrogen-bond acceptors (Lipinski definition) is 5. The van der Waals surface area contributed by atoms with Gasteiger partial charge < -0.3 is 19.5 Å². The smallest absolute Gasteiger partial charge is 0.331 e. The Kier molecular flexibility index (Phi) is 5.58. The average Bonchev–Trinajstić information content (AvgIpc) is 2.45. The first-order valence-electron chi connectivity index (χ1n) is 6.44. The van der Waals surface area contributed by atoms with E-state index in [4.69, 9.17) is 14.2 Å². The zero-order valence-corrected chi connectivity index (χ0v) is 13.0. The summed E-state index contributed by atoms with van der Waals surface area (Å²) in [6, 6.07) is 5.33. The van der Waals surface area contributed by atoms with Gasteiger partial charge in [-0.2, -0.15) is 0 Å². The summed E-state index contributed by atoms with van der Waals surface area (Å²) in [5.41, 5.74) is -0.325. The van der Waals surface area contributed by atoms with E-state index in [1.165, 1.54) is 21.1 Å². The Balaban J connectivity index is 3.09. The summed E-state index contributed by atoms with van der Waals surface area (Å²) in [4.78, 5) is 23.3. The zero-order valence-electron chi connectivity index (χ0n) is 13.0. The molecule has 0 spiro atoms. The molecule has 0 aliphatic heterocycles. The van der Waals surface area contributed by atoms with Crippen LogP contribution >= 0.6 is 0 Å². The van der Waals surface area contributed by atoms with Crippen molar-refractivity contribution < 1.29 is 23.8 Å². The second-order valence-electron chi connectivity index (χ2n) is 4.87. The molecule has 116 valence electrons. The third-order valence-electron chi connectivity index (χ3n) is 3.09. The Morgan fingerprint density at radius 3 is 2.24 bits per heavy atom. The van der Waals surface area contributed by atoms with E-state index in [1.54, 1.807) is 26.2 Å². The number of carbonyl (C=O) groups is 2. The molecule has 0 radical (unpaired) electrons. The molecule has 0 bridgehead atoms. The number of esters is 1. The fourth-order valence-corrected chi connectivity index (χ4v) is 2.18. The number of benzene rings is 1. The van der Waals surface area contributed by atoms with Gasteiger partial charge >= 0.3 is 5.97 Å². The van der Waals surface area contributed by atoms with Gasteiger partial charge in [-0.25, -0.2) is 4.79 Å². The van der Waals surface area contributed by atoms with Crippen molar-refractivity contribution in [2.75, 3.05) is 21.3 Å². The number of rotatable bonds is 6. The summed E-state index contributed by atoms with van der Waals surface area (Å²) >= 11 is 0. The molecule has 21 heavy (non-hydrogen) atoms. The van der Waals surface area contributed by atoms with E-state index >= 15 is 0 Å². The van der Waals surface area contributed by atoms with Crippen LogP contribution < -0.4 is 14.8 Å². The van der Waals surface area contributed by atoms with Crippen LogP contribution in [0.25, 0.3) is 0 Å². The molecule has 1 rings (SSSR count). The predicted molar refractivity (Wildman–Crippen MR) is 77.5 cm³/mol. The zero-order chi connectivity index (χ0) is 16.0. The van der Waals surface area contributed by atoms with Crippen LogP contribution in [0.4, 0.5) is 0 Å². The van der Waals surface area contributed by atoms with Crippen molar-refractivity contribution in [2.45, 2.75) is 25.8 Å². The fraction of sp³-hybridized carbons (Fsp3) is 0.467. The molecule has 6 nitrogen and oxygen atoms in total. The van der Waals surface area contributed by atoms with E-state index < -0.39 is 11.5 Å². The van der Waals surface area contributed by atoms with Gasteiger partial charge in [0.25, 0.3) is 0 Å². The van der Waals surface area contributed by atoms with E-state index in [-0.39, 0.29) is 12.3 Å². The third-order valence-corrected chi connectivity index (χ3v) is 3.09. The Labute approximate surface area is 124 Å². The Hall–Kier alpha value is -2.24. The molecule has 0 fully saturated rings. The van der Waals surface area contributed by atoms with E-state index in [0.717, 1.165) is 5.56 Å². The molecule has 0 aliphatic carbocycles. The highest BCUT2D eigenvalue weighted by molar-refractivity contribution is 5.87. The van der Waals surface area contributed by atoms with Crippen LogP contribution in [0, 0.1) is 0 Å². The lowest BCUT2D eigenvalue weighted by Crippen LogP contribution is -2.53. The minimum absolute atomic E-state index is 0.277. The maximum absolute atomic E-state index is 12.0. The lowest BCUT2D eigenvalue weighted by Gasteiger charge is -2.27. The van der Waals surface area contributed by atoms with Gasteiger partial charge in [-0.05, 0) is 24.6 Å². The topological polar surface area (TPSA) is 73.9 Å². The van der Waals surface area contributed by atoms with Gasteiger partial charge in [-0.1, -0.05) is 6.07 Å². The van der Waals surface area contributed by atoms with Crippen molar-refractivity contribution in [3.63, 3.8) is 0 Å². The summed E-state index contributed by atoms with van der Waals surface area (Å²) in [7, 11) is 4.37. The Morgan fingerprint density at radius 1 is 1.14 bits per heavy atom. The fourth-order valence-electron chi connectivity index (χ4n) is 2.18. The molecule has 0 saturated carbocycles. The van der Waals surface area contributed by atoms with E-state index in [2.05, 4.69) is 5.32 Å². The van der Waals surface area contributed by atoms with Crippen molar-refractivity contribution in [3.05, 3.63) is 23.8 Å². The van der Waals surface area contributed by atoms with Crippen molar-refractivity contribution in [2.24, 2.45) is 0 Å². The van der Waals surface area contributed by atoms with E-state index in [0.29, 0.717) is 11.5 Å². The normalized spacial score (nSPS) is 13.0. The summed E-state index contributed by atoms with van der Waals surface area (Å²) < 4.78 is 15.2. The van der Waals surface area contributed by atoms with Crippen LogP contribution in [-0.2, 0) is 20.7 Å². The van der Waals surface area contributed by atoms with Crippen molar-refractivity contribution >= 4 is 11.9 Å². The van der Waals surface area contributed by atoms with Crippen LogP contribution in [0.1, 0.15) is 19.4 Å². The standard InChI is InChI=1S/C15H21NO5/c1-10(17)16-15(2,14(18)21-5)9-11-6-7-12(19-3)13(8-11)20-4/h6-8H,9H2,1-5H3,(H,16,17)/t15-/m0/s1. The molecule has 0 aromatic heterocycles. The summed E-state index contributed by atoms with van der Waals surface area (Å²) in [5, 5.41) is 2.64. The molecular weight excluding hydrogens is 274 g/mol. The number of hydrogen-bond donors (Lipinski definition) is 1. The van der Waals surface area contributed by atoms with Gasteiger partial charge in [0.05, 0.1) is 21.3 Å². The first kappa shape index (κ1) is 16.8. The van der Waals surface area contributed by atoms with E-state index in [9.17, 15) is 9.59 Å². The maximum Gasteiger partial charge on any atom is 0.331 e. The van der Waals surface area contributed by atoms with Gasteiger partial charge in [0.2, 0.25) is 5.91 Å². The molecule has 6 heteroatoms. The van der Waals surface area contributed by atoms with Gasteiger partial charge in [-0.3, -0.25) is 4.79 Å². The molecule has 1 atom stereocenters. The maximum atomic E-state index is 12.0. The van der Waals surface area contributed by atoms with Crippen LogP contribution in [0.2, 0.25) is 0 Å². The number of amides is 1. The van der Waals surface area contributed by atoms with Crippen LogP contribution in [-0.4, -0.2) is 38.7 Å². The number of methoxy groups -OCH3 is 3. The predicted octanol–water partition coefficient (Wildman–Crippen LogP) is 1.31. The number of ether oxygens (including phenoxy) is 3. The molecule has 0 unspecified atom stereocenters. The molecule has 1 aromatic carbocycles. The van der Waals surface area contributed by atoms with Crippen LogP contribution in [0.15, 0.2) is 18.2 Å². The first-order chi connectivity index (χ1) is 9.86. The molecule has 1 aromatic rings. The monoisotopic (exact) mass is 295 g/mol. The molecule has 0 heterocycles. The van der Waals surface area contributed by atoms with Gasteiger partial charge in [-0.15, -0.1) is 0 Å². The highest BCUT2D eigenvalue weighted by Crippen LogP contribution is 2.29. The Bertz CT molecular complexity index is 529. The lowest BCUT2D eigenvalue weighted by molar-refractivity contribution is -0.149. The molecule has 1 amide bonds. The molecule has 1 N–H and O–H groups in total. The molecule has 0 aliphatic rings. The largest absolute Gasteiger partial charge is 0.493 e. The number of carbonyl (C=O) groups excluding carboxylic acids is 2. The highest BCUT2D eigenvalue weighted by atomic mass is 16.5. The molecular formula is C15H21NO5. The minimum Gasteiger partial charge on any atom is -0.493 e. The first-order valence-corrected chi connectivity index (χ1v) is 6.44.